The lowest BCUT2D eigenvalue weighted by molar-refractivity contribution is -0.141. The van der Waals surface area contributed by atoms with E-state index in [1.54, 1.807) is 96.3 Å². The number of piperidine rings is 1. The number of halogens is 10. The maximum Gasteiger partial charge on any atom is 0.433 e. The molecule has 0 aliphatic carbocycles. The van der Waals surface area contributed by atoms with Crippen LogP contribution < -0.4 is 42.5 Å². The van der Waals surface area contributed by atoms with Gasteiger partial charge in [0.1, 0.15) is 74.0 Å². The number of nitrogens with zero attached hydrogens (tertiary/aromatic N) is 18. The monoisotopic (exact) mass is 1570 g/mol. The lowest BCUT2D eigenvalue weighted by Crippen LogP contribution is -2.49. The van der Waals surface area contributed by atoms with Crippen molar-refractivity contribution in [2.75, 3.05) is 116 Å². The summed E-state index contributed by atoms with van der Waals surface area (Å²) >= 11 is 5.49. The van der Waals surface area contributed by atoms with Crippen LogP contribution in [0.1, 0.15) is 43.3 Å². The molecule has 0 atom stereocenters. The minimum absolute atomic E-state index is 0.000229. The quantitative estimate of drug-likeness (QED) is 0.0310. The highest BCUT2D eigenvalue weighted by Gasteiger charge is 2.35. The number of amides is 4. The summed E-state index contributed by atoms with van der Waals surface area (Å²) in [5.74, 6) is 0.951. The third-order valence-electron chi connectivity index (χ3n) is 16.9. The van der Waals surface area contributed by atoms with Gasteiger partial charge < -0.3 is 47.4 Å². The number of rotatable bonds is 17. The van der Waals surface area contributed by atoms with Crippen LogP contribution in [0.2, 0.25) is 0 Å². The summed E-state index contributed by atoms with van der Waals surface area (Å²) in [4.78, 5) is 90.5. The van der Waals surface area contributed by atoms with Gasteiger partial charge in [-0.3, -0.25) is 29.0 Å². The molecule has 0 spiro atoms. The zero-order valence-corrected chi connectivity index (χ0v) is 60.1. The molecule has 0 radical (unpaired) electrons. The second-order valence-electron chi connectivity index (χ2n) is 25.1. The summed E-state index contributed by atoms with van der Waals surface area (Å²) in [5.41, 5.74) is 0.236. The first-order valence-electron chi connectivity index (χ1n) is 34.8. The molecule has 582 valence electrons. The van der Waals surface area contributed by atoms with E-state index >= 15 is 0 Å². The third-order valence-corrected chi connectivity index (χ3v) is 17.2. The minimum atomic E-state index is -4.60. The number of pyridine rings is 6. The Hall–Kier alpha value is -12.5. The average molecular weight is 1570 g/mol. The average Bonchev–Trinajstić information content (AvgIpc) is 1.55. The highest BCUT2D eigenvalue weighted by Crippen LogP contribution is 2.34. The third kappa shape index (κ3) is 21.5. The standard InChI is InChI=1S/C25H24F3N9O2.C23H22F3N9O.C19H13ClF3N7O.C5H11N/c1-16(38)36-12-10-35(11-13-36)15-22(39)32-21-14-17(7-8-29-21)30-24-19-5-3-9-37(19)34-23(33-24)18-4-2-6-20(31-18)25(26,27)28;24-23(25,26)18-5-1-3-16(30-18)21-32-22(17-4-2-10-35(17)33-21)29-15-6-7-28-19(13-15)31-20(36)14-34-11-8-27-9-12-34;20-10-16(31)27-15-9-11(6-7-24-15)25-18-13-4-2-8-30(13)29-17(28-18)12-3-1-5-14(26-12)19(21,22)23;1-2-4-6-5-3-1/h2-9,14H,10-13,15H2,1H3,(H2,29,30,32,33,34,39);1-7,10,13,27H,8-9,11-12,14H2,(H2,28,29,31,32,33,36);1-9H,10H2,(H2,24,25,27,28,29,31);6H,1-5H2. The summed E-state index contributed by atoms with van der Waals surface area (Å²) in [5, 5.41) is 36.8. The van der Waals surface area contributed by atoms with Crippen molar-refractivity contribution >= 4 is 104 Å². The van der Waals surface area contributed by atoms with Gasteiger partial charge >= 0.3 is 18.5 Å². The molecule has 12 aromatic heterocycles. The van der Waals surface area contributed by atoms with Gasteiger partial charge in [-0.15, -0.1) is 26.9 Å². The molecular weight excluding hydrogens is 1500 g/mol. The van der Waals surface area contributed by atoms with Crippen molar-refractivity contribution in [3.05, 3.63) is 182 Å². The summed E-state index contributed by atoms with van der Waals surface area (Å²) in [6.07, 6.45) is -0.101. The molecule has 0 bridgehead atoms. The Bertz CT molecular complexity index is 5270. The molecule has 0 aromatic carbocycles. The summed E-state index contributed by atoms with van der Waals surface area (Å²) in [6, 6.07) is 30.9. The first-order chi connectivity index (χ1) is 53.8. The van der Waals surface area contributed by atoms with E-state index in [9.17, 15) is 58.7 Å². The van der Waals surface area contributed by atoms with Gasteiger partial charge in [0.2, 0.25) is 41.1 Å². The van der Waals surface area contributed by atoms with E-state index in [4.69, 9.17) is 11.6 Å². The molecule has 30 nitrogen and oxygen atoms in total. The van der Waals surface area contributed by atoms with E-state index in [0.717, 1.165) is 44.4 Å². The predicted molar refractivity (Wildman–Crippen MR) is 398 cm³/mol. The zero-order chi connectivity index (χ0) is 78.9. The minimum Gasteiger partial charge on any atom is -0.340 e. The van der Waals surface area contributed by atoms with Crippen molar-refractivity contribution in [1.82, 2.24) is 99.0 Å². The number of aromatic nitrogens is 15. The van der Waals surface area contributed by atoms with E-state index in [-0.39, 0.29) is 77.1 Å². The van der Waals surface area contributed by atoms with Gasteiger partial charge in [-0.05, 0) is 117 Å². The molecule has 112 heavy (non-hydrogen) atoms. The Kier molecular flexibility index (Phi) is 25.4. The van der Waals surface area contributed by atoms with Crippen molar-refractivity contribution in [2.24, 2.45) is 0 Å². The normalized spacial score (nSPS) is 14.2. The molecule has 3 aliphatic rings. The molecular formula is C72H70ClF9N26O4. The second-order valence-corrected chi connectivity index (χ2v) is 25.4. The fourth-order valence-electron chi connectivity index (χ4n) is 11.5. The SMILES string of the molecule is C1CCNCC1.CC(=O)N1CCN(CC(=O)Nc2cc(Nc3nc(-c4cccc(C(F)(F)F)n4)nn4cccc34)ccn2)CC1.O=C(CCl)Nc1cc(Nc2nc(-c3cccc(C(F)(F)F)n3)nn3cccc23)ccn1.O=C(CN1CCNCC1)Nc1cc(Nc2nc(-c3cccc(C(F)(F)F)n3)nn3cccc23)ccn1. The van der Waals surface area contributed by atoms with E-state index in [2.05, 4.69) is 108 Å². The molecule has 8 N–H and O–H groups in total. The maximum absolute atomic E-state index is 13.2. The molecule has 3 fully saturated rings. The Morgan fingerprint density at radius 3 is 1.09 bits per heavy atom. The van der Waals surface area contributed by atoms with Gasteiger partial charge in [0, 0.05) is 132 Å². The first-order valence-corrected chi connectivity index (χ1v) is 35.3. The molecule has 4 amide bonds. The van der Waals surface area contributed by atoms with Crippen LogP contribution in [0.15, 0.2) is 165 Å². The van der Waals surface area contributed by atoms with Crippen LogP contribution in [-0.2, 0) is 37.7 Å². The lowest BCUT2D eigenvalue weighted by atomic mass is 10.2. The van der Waals surface area contributed by atoms with Crippen molar-refractivity contribution in [3.63, 3.8) is 0 Å². The number of piperazine rings is 2. The number of nitrogens with one attached hydrogen (secondary N) is 8. The highest BCUT2D eigenvalue weighted by atomic mass is 35.5. The van der Waals surface area contributed by atoms with Crippen LogP contribution in [0.4, 0.5) is 91.5 Å². The molecule has 0 unspecified atom stereocenters. The van der Waals surface area contributed by atoms with Crippen LogP contribution >= 0.6 is 11.6 Å². The Morgan fingerprint density at radius 1 is 0.420 bits per heavy atom. The Morgan fingerprint density at radius 2 is 0.768 bits per heavy atom. The Labute approximate surface area is 636 Å². The second kappa shape index (κ2) is 35.9. The number of fused-ring (bicyclic) bond motifs is 3. The lowest BCUT2D eigenvalue weighted by Gasteiger charge is -2.33. The van der Waals surface area contributed by atoms with Gasteiger partial charge in [0.05, 0.1) is 13.1 Å². The number of anilines is 9. The van der Waals surface area contributed by atoms with E-state index < -0.39 is 41.5 Å². The summed E-state index contributed by atoms with van der Waals surface area (Å²) < 4.78 is 123. The maximum atomic E-state index is 13.2. The topological polar surface area (TPSA) is 342 Å². The summed E-state index contributed by atoms with van der Waals surface area (Å²) in [6.45, 7) is 10.1. The van der Waals surface area contributed by atoms with Crippen molar-refractivity contribution in [2.45, 2.75) is 44.7 Å². The zero-order valence-electron chi connectivity index (χ0n) is 59.4. The van der Waals surface area contributed by atoms with Crippen LogP contribution in [0.5, 0.6) is 0 Å². The number of carbonyl (C=O) groups excluding carboxylic acids is 4. The number of alkyl halides is 10. The fraction of sp³-hybridized carbons (Fsp3) is 0.278. The molecule has 15 rings (SSSR count). The van der Waals surface area contributed by atoms with Gasteiger partial charge in [0.15, 0.2) is 17.5 Å². The van der Waals surface area contributed by atoms with Crippen molar-refractivity contribution in [1.29, 1.82) is 0 Å². The molecule has 15 heterocycles. The van der Waals surface area contributed by atoms with E-state index in [1.165, 1.54) is 108 Å². The van der Waals surface area contributed by atoms with E-state index in [0.29, 0.717) is 88.9 Å². The largest absolute Gasteiger partial charge is 0.433 e. The fourth-order valence-corrected chi connectivity index (χ4v) is 11.6. The van der Waals surface area contributed by atoms with E-state index in [1.807, 2.05) is 4.90 Å². The van der Waals surface area contributed by atoms with Crippen LogP contribution in [0.3, 0.4) is 0 Å². The van der Waals surface area contributed by atoms with Crippen LogP contribution in [-0.4, -0.2) is 196 Å². The van der Waals surface area contributed by atoms with Crippen molar-refractivity contribution in [3.8, 4) is 34.6 Å². The highest BCUT2D eigenvalue weighted by molar-refractivity contribution is 6.29. The van der Waals surface area contributed by atoms with Gasteiger partial charge in [0.25, 0.3) is 0 Å². The van der Waals surface area contributed by atoms with Gasteiger partial charge in [-0.1, -0.05) is 24.6 Å². The van der Waals surface area contributed by atoms with Gasteiger partial charge in [-0.2, -0.15) is 39.5 Å². The molecule has 40 heteroatoms. The van der Waals surface area contributed by atoms with Crippen LogP contribution in [0, 0.1) is 0 Å². The summed E-state index contributed by atoms with van der Waals surface area (Å²) in [7, 11) is 0. The predicted octanol–water partition coefficient (Wildman–Crippen LogP) is 10.7. The van der Waals surface area contributed by atoms with Crippen molar-refractivity contribution < 1.29 is 58.7 Å². The smallest absolute Gasteiger partial charge is 0.340 e. The molecule has 0 saturated carbocycles. The molecule has 3 saturated heterocycles. The number of hydrogen-bond donors (Lipinski definition) is 8. The number of carbonyl (C=O) groups is 4. The molecule has 12 aromatic rings. The van der Waals surface area contributed by atoms with Crippen LogP contribution in [0.25, 0.3) is 51.1 Å². The molecule has 3 aliphatic heterocycles. The number of hydrogen-bond acceptors (Lipinski definition) is 23. The first kappa shape index (κ1) is 79.1. The van der Waals surface area contributed by atoms with Gasteiger partial charge in [-0.25, -0.2) is 58.4 Å². The Balaban J connectivity index is 0.000000151.